The van der Waals surface area contributed by atoms with E-state index in [-0.39, 0.29) is 35.5 Å². The minimum atomic E-state index is -0.710. The van der Waals surface area contributed by atoms with Gasteiger partial charge in [-0.2, -0.15) is 0 Å². The second kappa shape index (κ2) is 12.7. The lowest BCUT2D eigenvalue weighted by atomic mass is 9.98. The zero-order valence-corrected chi connectivity index (χ0v) is 19.7. The van der Waals surface area contributed by atoms with Crippen molar-refractivity contribution in [2.75, 3.05) is 13.9 Å². The zero-order chi connectivity index (χ0) is 24.5. The molecule has 34 heavy (non-hydrogen) atoms. The van der Waals surface area contributed by atoms with Crippen molar-refractivity contribution in [1.29, 1.82) is 0 Å². The van der Waals surface area contributed by atoms with Crippen LogP contribution >= 0.6 is 0 Å². The summed E-state index contributed by atoms with van der Waals surface area (Å²) in [5, 5.41) is 49.9. The molecule has 0 bridgehead atoms. The Labute approximate surface area is 200 Å². The summed E-state index contributed by atoms with van der Waals surface area (Å²) in [6.07, 6.45) is 5.28. The van der Waals surface area contributed by atoms with Crippen molar-refractivity contribution >= 4 is 0 Å². The number of aryl methyl sites for hydroxylation is 2. The van der Waals surface area contributed by atoms with Crippen LogP contribution < -0.4 is 14.2 Å². The molecule has 0 aliphatic heterocycles. The van der Waals surface area contributed by atoms with Gasteiger partial charge in [0.1, 0.15) is 0 Å². The van der Waals surface area contributed by atoms with Gasteiger partial charge in [-0.25, -0.2) is 0 Å². The first-order valence-corrected chi connectivity index (χ1v) is 11.9. The summed E-state index contributed by atoms with van der Waals surface area (Å²) < 4.78 is 16.1. The highest BCUT2D eigenvalue weighted by atomic mass is 16.6. The average Bonchev–Trinajstić information content (AvgIpc) is 3.33. The number of phenolic OH excluding ortho intramolecular Hbond substituents is 2. The Morgan fingerprint density at radius 3 is 2.15 bits per heavy atom. The molecule has 0 heterocycles. The van der Waals surface area contributed by atoms with Crippen molar-refractivity contribution in [3.8, 4) is 28.7 Å². The van der Waals surface area contributed by atoms with E-state index in [2.05, 4.69) is 0 Å². The number of ether oxygens (including phenoxy) is 3. The van der Waals surface area contributed by atoms with E-state index >= 15 is 0 Å². The van der Waals surface area contributed by atoms with E-state index in [1.54, 1.807) is 18.2 Å². The molecular weight excluding hydrogens is 440 g/mol. The Hall–Kier alpha value is -2.68. The number of hydrogen-bond donors (Lipinski definition) is 5. The molecule has 1 aliphatic carbocycles. The Kier molecular flexibility index (Phi) is 9.68. The molecule has 2 aromatic carbocycles. The van der Waals surface area contributed by atoms with Crippen molar-refractivity contribution in [1.82, 2.24) is 0 Å². The molecule has 0 aromatic heterocycles. The normalized spacial score (nSPS) is 15.8. The maximum atomic E-state index is 10.4. The summed E-state index contributed by atoms with van der Waals surface area (Å²) in [6.45, 7) is -0.579. The fourth-order valence-corrected chi connectivity index (χ4v) is 4.33. The molecule has 5 N–H and O–H groups in total. The van der Waals surface area contributed by atoms with Gasteiger partial charge in [-0.1, -0.05) is 6.07 Å². The molecule has 1 fully saturated rings. The molecule has 2 aromatic rings. The van der Waals surface area contributed by atoms with Gasteiger partial charge in [-0.15, -0.1) is 0 Å². The minimum Gasteiger partial charge on any atom is -0.504 e. The van der Waals surface area contributed by atoms with E-state index in [4.69, 9.17) is 19.3 Å². The molecule has 0 radical (unpaired) electrons. The quantitative estimate of drug-likeness (QED) is 0.278. The molecule has 3 rings (SSSR count). The summed E-state index contributed by atoms with van der Waals surface area (Å²) in [4.78, 5) is 0. The fourth-order valence-electron chi connectivity index (χ4n) is 4.33. The van der Waals surface area contributed by atoms with E-state index in [0.29, 0.717) is 31.4 Å². The van der Waals surface area contributed by atoms with Gasteiger partial charge in [0.05, 0.1) is 25.4 Å². The summed E-state index contributed by atoms with van der Waals surface area (Å²) in [5.74, 6) is 0.761. The van der Waals surface area contributed by atoms with Gasteiger partial charge in [0, 0.05) is 0 Å². The third-order valence-corrected chi connectivity index (χ3v) is 6.24. The van der Waals surface area contributed by atoms with E-state index in [0.717, 1.165) is 36.8 Å². The molecule has 2 atom stereocenters. The molecule has 188 valence electrons. The van der Waals surface area contributed by atoms with Crippen LogP contribution in [0.1, 0.15) is 56.1 Å². The molecule has 1 saturated carbocycles. The lowest BCUT2D eigenvalue weighted by Gasteiger charge is -2.18. The number of methoxy groups -OCH3 is 1. The van der Waals surface area contributed by atoms with Crippen LogP contribution in [0.4, 0.5) is 0 Å². The molecule has 8 heteroatoms. The summed E-state index contributed by atoms with van der Waals surface area (Å²) in [7, 11) is 1.42. The standard InChI is InChI=1S/C26H36O8/c1-32-24-13-18(14-25(26(24)31)33-16-27)7-10-20(29)15-19(28)9-6-17-8-11-22(30)23(12-17)34-21-4-2-3-5-21/h8,11-14,19-21,27-31H,2-7,9-10,15-16H2,1H3. The topological polar surface area (TPSA) is 129 Å². The van der Waals surface area contributed by atoms with Gasteiger partial charge in [0.2, 0.25) is 5.75 Å². The zero-order valence-electron chi connectivity index (χ0n) is 19.7. The van der Waals surface area contributed by atoms with Crippen LogP contribution in [0.25, 0.3) is 0 Å². The van der Waals surface area contributed by atoms with Gasteiger partial charge in [-0.3, -0.25) is 0 Å². The highest BCUT2D eigenvalue weighted by molar-refractivity contribution is 5.52. The van der Waals surface area contributed by atoms with E-state index in [9.17, 15) is 20.4 Å². The third-order valence-electron chi connectivity index (χ3n) is 6.24. The second-order valence-electron chi connectivity index (χ2n) is 8.87. The van der Waals surface area contributed by atoms with Crippen LogP contribution in [0.5, 0.6) is 28.7 Å². The predicted octanol–water partition coefficient (Wildman–Crippen LogP) is 3.43. The predicted molar refractivity (Wildman–Crippen MR) is 127 cm³/mol. The first-order chi connectivity index (χ1) is 16.4. The molecule has 0 amide bonds. The van der Waals surface area contributed by atoms with Gasteiger partial charge in [0.15, 0.2) is 29.8 Å². The summed E-state index contributed by atoms with van der Waals surface area (Å²) >= 11 is 0. The molecule has 8 nitrogen and oxygen atoms in total. The van der Waals surface area contributed by atoms with Gasteiger partial charge < -0.3 is 39.7 Å². The SMILES string of the molecule is COc1cc(CCC(O)CC(O)CCc2ccc(O)c(OC3CCCC3)c2)cc(OCO)c1O. The Morgan fingerprint density at radius 1 is 0.882 bits per heavy atom. The maximum Gasteiger partial charge on any atom is 0.200 e. The van der Waals surface area contributed by atoms with Crippen molar-refractivity contribution in [2.45, 2.75) is 76.1 Å². The minimum absolute atomic E-state index is 0.108. The van der Waals surface area contributed by atoms with E-state index < -0.39 is 19.0 Å². The summed E-state index contributed by atoms with van der Waals surface area (Å²) in [5.41, 5.74) is 1.73. The number of benzene rings is 2. The van der Waals surface area contributed by atoms with Gasteiger partial charge in [-0.05, 0) is 93.2 Å². The van der Waals surface area contributed by atoms with Crippen LogP contribution in [0.2, 0.25) is 0 Å². The lowest BCUT2D eigenvalue weighted by Crippen LogP contribution is -2.19. The largest absolute Gasteiger partial charge is 0.504 e. The molecular formula is C26H36O8. The molecule has 1 aliphatic rings. The van der Waals surface area contributed by atoms with Crippen LogP contribution in [-0.4, -0.2) is 57.7 Å². The Morgan fingerprint density at radius 2 is 1.50 bits per heavy atom. The van der Waals surface area contributed by atoms with Gasteiger partial charge in [0.25, 0.3) is 0 Å². The number of phenols is 2. The molecule has 0 spiro atoms. The van der Waals surface area contributed by atoms with Crippen LogP contribution in [0, 0.1) is 0 Å². The van der Waals surface area contributed by atoms with Crippen molar-refractivity contribution < 1.29 is 39.7 Å². The first kappa shape index (κ1) is 25.9. The lowest BCUT2D eigenvalue weighted by molar-refractivity contribution is 0.0712. The smallest absolute Gasteiger partial charge is 0.200 e. The van der Waals surface area contributed by atoms with Gasteiger partial charge >= 0.3 is 0 Å². The number of hydrogen-bond acceptors (Lipinski definition) is 8. The number of aromatic hydroxyl groups is 2. The Bertz CT molecular complexity index is 910. The van der Waals surface area contributed by atoms with E-state index in [1.807, 2.05) is 12.1 Å². The highest BCUT2D eigenvalue weighted by Gasteiger charge is 2.19. The van der Waals surface area contributed by atoms with Crippen LogP contribution in [0.15, 0.2) is 30.3 Å². The average molecular weight is 477 g/mol. The monoisotopic (exact) mass is 476 g/mol. The number of aliphatic hydroxyl groups is 3. The maximum absolute atomic E-state index is 10.4. The van der Waals surface area contributed by atoms with Crippen LogP contribution in [-0.2, 0) is 12.8 Å². The van der Waals surface area contributed by atoms with Crippen LogP contribution in [0.3, 0.4) is 0 Å². The fraction of sp³-hybridized carbons (Fsp3) is 0.538. The number of rotatable bonds is 13. The van der Waals surface area contributed by atoms with Crippen molar-refractivity contribution in [2.24, 2.45) is 0 Å². The summed E-state index contributed by atoms with van der Waals surface area (Å²) in [6, 6.07) is 8.53. The highest BCUT2D eigenvalue weighted by Crippen LogP contribution is 2.38. The second-order valence-corrected chi connectivity index (χ2v) is 8.87. The third kappa shape index (κ3) is 7.41. The first-order valence-electron chi connectivity index (χ1n) is 11.9. The van der Waals surface area contributed by atoms with Crippen molar-refractivity contribution in [3.05, 3.63) is 41.5 Å². The molecule has 0 saturated heterocycles. The molecule has 2 unspecified atom stereocenters. The number of aliphatic hydroxyl groups excluding tert-OH is 3. The Balaban J connectivity index is 1.47. The van der Waals surface area contributed by atoms with E-state index in [1.165, 1.54) is 7.11 Å². The van der Waals surface area contributed by atoms with Crippen molar-refractivity contribution in [3.63, 3.8) is 0 Å².